The zero-order valence-corrected chi connectivity index (χ0v) is 18.6. The van der Waals surface area contributed by atoms with E-state index in [1.807, 2.05) is 13.8 Å². The van der Waals surface area contributed by atoms with Crippen molar-refractivity contribution in [2.45, 2.75) is 26.8 Å². The molecule has 2 aromatic heterocycles. The highest BCUT2D eigenvalue weighted by Crippen LogP contribution is 2.21. The minimum Gasteiger partial charge on any atom is -0.346 e. The molecule has 2 N–H and O–H groups in total. The van der Waals surface area contributed by atoms with Gasteiger partial charge in [0.2, 0.25) is 16.0 Å². The normalized spacial score (nSPS) is 12.9. The smallest absolute Gasteiger partial charge is 0.272 e. The molecule has 0 radical (unpaired) electrons. The van der Waals surface area contributed by atoms with Crippen LogP contribution in [0.3, 0.4) is 0 Å². The minimum atomic E-state index is -3.51. The summed E-state index contributed by atoms with van der Waals surface area (Å²) in [6.07, 6.45) is 2.60. The van der Waals surface area contributed by atoms with Crippen LogP contribution in [0, 0.1) is 5.92 Å². The summed E-state index contributed by atoms with van der Waals surface area (Å²) in [4.78, 5) is 28.1. The molecule has 0 aliphatic carbocycles. The van der Waals surface area contributed by atoms with Gasteiger partial charge in [0.1, 0.15) is 11.5 Å². The molecule has 3 aromatic rings. The van der Waals surface area contributed by atoms with E-state index in [2.05, 4.69) is 25.3 Å². The lowest BCUT2D eigenvalue weighted by molar-refractivity contribution is 0.582. The van der Waals surface area contributed by atoms with E-state index in [1.165, 1.54) is 16.6 Å². The SMILES string of the molecule is CC(C)CN(c1ccnc(N[C@@H](C)c2nc3cc(Cl)ccc3[nH]c2=O)n1)S(C)(=O)=O. The molecule has 0 amide bonds. The van der Waals surface area contributed by atoms with Crippen LogP contribution in [0.1, 0.15) is 32.5 Å². The summed E-state index contributed by atoms with van der Waals surface area (Å²) in [7, 11) is -3.51. The highest BCUT2D eigenvalue weighted by molar-refractivity contribution is 7.92. The maximum Gasteiger partial charge on any atom is 0.272 e. The molecule has 0 saturated heterocycles. The maximum absolute atomic E-state index is 12.5. The number of nitrogens with one attached hydrogen (secondary N) is 2. The van der Waals surface area contributed by atoms with Crippen LogP contribution in [0.2, 0.25) is 5.02 Å². The second-order valence-corrected chi connectivity index (χ2v) is 9.75. The molecule has 0 aliphatic rings. The van der Waals surface area contributed by atoms with Gasteiger partial charge in [-0.25, -0.2) is 18.4 Å². The third kappa shape index (κ3) is 5.06. The zero-order valence-electron chi connectivity index (χ0n) is 17.0. The summed E-state index contributed by atoms with van der Waals surface area (Å²) in [6.45, 7) is 5.87. The Balaban J connectivity index is 1.91. The summed E-state index contributed by atoms with van der Waals surface area (Å²) in [5.41, 5.74) is 1.02. The average molecular weight is 451 g/mol. The number of anilines is 2. The van der Waals surface area contributed by atoms with Crippen molar-refractivity contribution in [1.82, 2.24) is 19.9 Å². The van der Waals surface area contributed by atoms with E-state index in [-0.39, 0.29) is 35.5 Å². The predicted molar refractivity (Wildman–Crippen MR) is 118 cm³/mol. The number of aromatic nitrogens is 4. The number of nitrogens with zero attached hydrogens (tertiary/aromatic N) is 4. The Morgan fingerprint density at radius 1 is 1.20 bits per heavy atom. The van der Waals surface area contributed by atoms with Gasteiger partial charge in [-0.15, -0.1) is 0 Å². The van der Waals surface area contributed by atoms with Crippen molar-refractivity contribution in [3.8, 4) is 0 Å². The Kier molecular flexibility index (Phi) is 6.27. The van der Waals surface area contributed by atoms with Gasteiger partial charge in [-0.2, -0.15) is 4.98 Å². The fraction of sp³-hybridized carbons (Fsp3) is 0.368. The number of hydrogen-bond acceptors (Lipinski definition) is 7. The molecule has 11 heteroatoms. The highest BCUT2D eigenvalue weighted by Gasteiger charge is 2.21. The molecule has 0 aliphatic heterocycles. The summed E-state index contributed by atoms with van der Waals surface area (Å²) in [5.74, 6) is 0.546. The Morgan fingerprint density at radius 2 is 1.93 bits per heavy atom. The number of hydrogen-bond donors (Lipinski definition) is 2. The molecular weight excluding hydrogens is 428 g/mol. The minimum absolute atomic E-state index is 0.109. The van der Waals surface area contributed by atoms with Crippen LogP contribution in [-0.4, -0.2) is 41.2 Å². The lowest BCUT2D eigenvalue weighted by Crippen LogP contribution is -2.34. The lowest BCUT2D eigenvalue weighted by atomic mass is 10.2. The average Bonchev–Trinajstić information content (AvgIpc) is 2.65. The first-order valence-corrected chi connectivity index (χ1v) is 11.5. The first-order chi connectivity index (χ1) is 14.0. The maximum atomic E-state index is 12.5. The first kappa shape index (κ1) is 22.0. The van der Waals surface area contributed by atoms with E-state index in [4.69, 9.17) is 11.6 Å². The quantitative estimate of drug-likeness (QED) is 0.567. The van der Waals surface area contributed by atoms with Crippen LogP contribution in [0.5, 0.6) is 0 Å². The van der Waals surface area contributed by atoms with Crippen molar-refractivity contribution < 1.29 is 8.42 Å². The third-order valence-electron chi connectivity index (χ3n) is 4.26. The van der Waals surface area contributed by atoms with Crippen molar-refractivity contribution in [3.05, 3.63) is 51.5 Å². The van der Waals surface area contributed by atoms with Crippen LogP contribution < -0.4 is 15.2 Å². The molecule has 0 spiro atoms. The Bertz CT molecular complexity index is 1230. The first-order valence-electron chi connectivity index (χ1n) is 9.31. The van der Waals surface area contributed by atoms with Gasteiger partial charge in [-0.05, 0) is 31.0 Å². The standard InChI is InChI=1S/C19H23ClN6O3S/c1-11(2)10-26(30(4,28)29)16-7-8-21-19(25-16)22-12(3)17-18(27)24-14-6-5-13(20)9-15(14)23-17/h5-9,11-12H,10H2,1-4H3,(H,24,27)(H,21,22,25)/t12-/m0/s1. The molecule has 0 saturated carbocycles. The van der Waals surface area contributed by atoms with E-state index < -0.39 is 16.1 Å². The molecule has 0 unspecified atom stereocenters. The van der Waals surface area contributed by atoms with Crippen LogP contribution in [-0.2, 0) is 10.0 Å². The zero-order chi connectivity index (χ0) is 22.1. The summed E-state index contributed by atoms with van der Waals surface area (Å²) in [6, 6.07) is 6.02. The van der Waals surface area contributed by atoms with Crippen molar-refractivity contribution >= 4 is 44.4 Å². The second-order valence-electron chi connectivity index (χ2n) is 7.41. The molecule has 3 rings (SSSR count). The topological polar surface area (TPSA) is 121 Å². The van der Waals surface area contributed by atoms with Gasteiger partial charge < -0.3 is 10.3 Å². The van der Waals surface area contributed by atoms with E-state index in [9.17, 15) is 13.2 Å². The van der Waals surface area contributed by atoms with Crippen molar-refractivity contribution in [2.75, 3.05) is 22.4 Å². The lowest BCUT2D eigenvalue weighted by Gasteiger charge is -2.23. The summed E-state index contributed by atoms with van der Waals surface area (Å²) in [5, 5.41) is 3.53. The van der Waals surface area contributed by atoms with Gasteiger partial charge in [0, 0.05) is 23.8 Å². The fourth-order valence-corrected chi connectivity index (χ4v) is 4.09. The molecular formula is C19H23ClN6O3S. The Morgan fingerprint density at radius 3 is 2.60 bits per heavy atom. The highest BCUT2D eigenvalue weighted by atomic mass is 35.5. The molecule has 30 heavy (non-hydrogen) atoms. The van der Waals surface area contributed by atoms with Crippen LogP contribution in [0.25, 0.3) is 11.0 Å². The molecule has 0 bridgehead atoms. The summed E-state index contributed by atoms with van der Waals surface area (Å²) < 4.78 is 25.6. The number of halogens is 1. The van der Waals surface area contributed by atoms with Gasteiger partial charge in [0.15, 0.2) is 0 Å². The molecule has 1 aromatic carbocycles. The van der Waals surface area contributed by atoms with Gasteiger partial charge >= 0.3 is 0 Å². The molecule has 0 fully saturated rings. The molecule has 9 nitrogen and oxygen atoms in total. The van der Waals surface area contributed by atoms with Crippen molar-refractivity contribution in [1.29, 1.82) is 0 Å². The van der Waals surface area contributed by atoms with E-state index in [1.54, 1.807) is 25.1 Å². The third-order valence-corrected chi connectivity index (χ3v) is 5.64. The van der Waals surface area contributed by atoms with Gasteiger partial charge in [-0.1, -0.05) is 25.4 Å². The van der Waals surface area contributed by atoms with Crippen molar-refractivity contribution in [3.63, 3.8) is 0 Å². The largest absolute Gasteiger partial charge is 0.346 e. The fourth-order valence-electron chi connectivity index (χ4n) is 2.91. The number of H-pyrrole nitrogens is 1. The Hall–Kier alpha value is -2.72. The van der Waals surface area contributed by atoms with Crippen LogP contribution in [0.4, 0.5) is 11.8 Å². The number of benzene rings is 1. The van der Waals surface area contributed by atoms with Gasteiger partial charge in [0.05, 0.1) is 23.3 Å². The number of aromatic amines is 1. The van der Waals surface area contributed by atoms with E-state index in [0.29, 0.717) is 16.1 Å². The molecule has 1 atom stereocenters. The molecule has 160 valence electrons. The van der Waals surface area contributed by atoms with Crippen LogP contribution in [0.15, 0.2) is 35.3 Å². The predicted octanol–water partition coefficient (Wildman–Crippen LogP) is 2.96. The van der Waals surface area contributed by atoms with E-state index in [0.717, 1.165) is 6.26 Å². The Labute approximate surface area is 179 Å². The second kappa shape index (κ2) is 8.57. The van der Waals surface area contributed by atoms with Crippen LogP contribution >= 0.6 is 11.6 Å². The van der Waals surface area contributed by atoms with Gasteiger partial charge in [0.25, 0.3) is 5.56 Å². The summed E-state index contributed by atoms with van der Waals surface area (Å²) >= 11 is 6.02. The van der Waals surface area contributed by atoms with Crippen molar-refractivity contribution in [2.24, 2.45) is 5.92 Å². The monoisotopic (exact) mass is 450 g/mol. The molecule has 2 heterocycles. The number of rotatable bonds is 7. The number of fused-ring (bicyclic) bond motifs is 1. The number of sulfonamides is 1. The van der Waals surface area contributed by atoms with E-state index >= 15 is 0 Å². The van der Waals surface area contributed by atoms with Gasteiger partial charge in [-0.3, -0.25) is 9.10 Å².